The lowest BCUT2D eigenvalue weighted by molar-refractivity contribution is -0.138. The van der Waals surface area contributed by atoms with Crippen LogP contribution < -0.4 is 11.1 Å². The molecule has 0 saturated carbocycles. The number of aliphatic carboxylic acids is 1. The zero-order valence-corrected chi connectivity index (χ0v) is 12.9. The van der Waals surface area contributed by atoms with E-state index in [1.165, 1.54) is 12.1 Å². The Bertz CT molecular complexity index is 540. The zero-order valence-electron chi connectivity index (χ0n) is 12.1. The third-order valence-electron chi connectivity index (χ3n) is 2.56. The van der Waals surface area contributed by atoms with E-state index in [1.807, 2.05) is 0 Å². The van der Waals surface area contributed by atoms with Crippen LogP contribution in [0.2, 0.25) is 5.02 Å². The number of halogens is 1. The van der Waals surface area contributed by atoms with Gasteiger partial charge in [-0.15, -0.1) is 0 Å². The van der Waals surface area contributed by atoms with Crippen LogP contribution in [0, 0.1) is 0 Å². The van der Waals surface area contributed by atoms with Crippen molar-refractivity contribution in [2.75, 3.05) is 11.9 Å². The van der Waals surface area contributed by atoms with Crippen LogP contribution in [-0.2, 0) is 9.53 Å². The first-order valence-electron chi connectivity index (χ1n) is 6.36. The fourth-order valence-electron chi connectivity index (χ4n) is 1.71. The number of nitrogens with one attached hydrogen (secondary N) is 1. The van der Waals surface area contributed by atoms with Gasteiger partial charge in [-0.2, -0.15) is 0 Å². The van der Waals surface area contributed by atoms with E-state index in [4.69, 9.17) is 22.1 Å². The highest BCUT2D eigenvalue weighted by Gasteiger charge is 2.23. The summed E-state index contributed by atoms with van der Waals surface area (Å²) in [5.41, 5.74) is 5.47. The second-order valence-corrected chi connectivity index (χ2v) is 5.92. The SMILES string of the molecule is CC(C)(C)OC(=O)Nc1cc(Cl)ccc1C(CN)C(=O)O. The van der Waals surface area contributed by atoms with E-state index < -0.39 is 23.6 Å². The minimum absolute atomic E-state index is 0.0973. The second kappa shape index (κ2) is 6.78. The molecule has 21 heavy (non-hydrogen) atoms. The lowest BCUT2D eigenvalue weighted by Gasteiger charge is -2.21. The van der Waals surface area contributed by atoms with E-state index in [0.717, 1.165) is 0 Å². The molecule has 0 radical (unpaired) electrons. The Kier molecular flexibility index (Phi) is 5.57. The monoisotopic (exact) mass is 314 g/mol. The molecule has 0 heterocycles. The summed E-state index contributed by atoms with van der Waals surface area (Å²) >= 11 is 5.89. The summed E-state index contributed by atoms with van der Waals surface area (Å²) < 4.78 is 5.14. The summed E-state index contributed by atoms with van der Waals surface area (Å²) in [6, 6.07) is 4.54. The number of rotatable bonds is 4. The highest BCUT2D eigenvalue weighted by atomic mass is 35.5. The Labute approximate surface area is 128 Å². The second-order valence-electron chi connectivity index (χ2n) is 5.48. The van der Waals surface area contributed by atoms with Crippen molar-refractivity contribution in [3.05, 3.63) is 28.8 Å². The predicted octanol–water partition coefficient (Wildman–Crippen LogP) is 2.81. The van der Waals surface area contributed by atoms with E-state index in [-0.39, 0.29) is 12.2 Å². The molecule has 0 aromatic heterocycles. The molecule has 1 atom stereocenters. The van der Waals surface area contributed by atoms with E-state index in [1.54, 1.807) is 26.8 Å². The Balaban J connectivity index is 3.08. The summed E-state index contributed by atoms with van der Waals surface area (Å²) in [5, 5.41) is 12.1. The molecule has 1 aromatic rings. The Morgan fingerprint density at radius 2 is 2.05 bits per heavy atom. The van der Waals surface area contributed by atoms with Gasteiger partial charge in [0.1, 0.15) is 5.60 Å². The first-order valence-corrected chi connectivity index (χ1v) is 6.74. The van der Waals surface area contributed by atoms with Gasteiger partial charge in [-0.3, -0.25) is 10.1 Å². The molecule has 0 aliphatic carbocycles. The van der Waals surface area contributed by atoms with Crippen LogP contribution in [0.3, 0.4) is 0 Å². The summed E-state index contributed by atoms with van der Waals surface area (Å²) in [6.45, 7) is 5.09. The van der Waals surface area contributed by atoms with Gasteiger partial charge in [-0.1, -0.05) is 17.7 Å². The number of nitrogens with two attached hydrogens (primary N) is 1. The van der Waals surface area contributed by atoms with Crippen LogP contribution in [0.25, 0.3) is 0 Å². The molecule has 1 amide bonds. The highest BCUT2D eigenvalue weighted by molar-refractivity contribution is 6.31. The van der Waals surface area contributed by atoms with Crippen molar-refractivity contribution in [2.45, 2.75) is 32.3 Å². The Hall–Kier alpha value is -1.79. The van der Waals surface area contributed by atoms with Gasteiger partial charge in [0.15, 0.2) is 0 Å². The minimum Gasteiger partial charge on any atom is -0.481 e. The van der Waals surface area contributed by atoms with Crippen molar-refractivity contribution in [3.8, 4) is 0 Å². The van der Waals surface area contributed by atoms with Gasteiger partial charge in [0.25, 0.3) is 0 Å². The summed E-state index contributed by atoms with van der Waals surface area (Å²) in [7, 11) is 0. The maximum atomic E-state index is 11.8. The molecular formula is C14H19ClN2O4. The minimum atomic E-state index is -1.08. The molecule has 0 bridgehead atoms. The highest BCUT2D eigenvalue weighted by Crippen LogP contribution is 2.28. The molecule has 0 spiro atoms. The Morgan fingerprint density at radius 1 is 1.43 bits per heavy atom. The van der Waals surface area contributed by atoms with Crippen LogP contribution in [0.1, 0.15) is 32.3 Å². The molecule has 0 fully saturated rings. The lowest BCUT2D eigenvalue weighted by atomic mass is 9.97. The fraction of sp³-hybridized carbons (Fsp3) is 0.429. The van der Waals surface area contributed by atoms with Gasteiger partial charge in [-0.25, -0.2) is 4.79 Å². The van der Waals surface area contributed by atoms with Gasteiger partial charge < -0.3 is 15.6 Å². The molecule has 0 aliphatic heterocycles. The lowest BCUT2D eigenvalue weighted by Crippen LogP contribution is -2.28. The number of carboxylic acids is 1. The smallest absolute Gasteiger partial charge is 0.412 e. The third kappa shape index (κ3) is 5.24. The third-order valence-corrected chi connectivity index (χ3v) is 2.80. The van der Waals surface area contributed by atoms with E-state index >= 15 is 0 Å². The van der Waals surface area contributed by atoms with Crippen LogP contribution in [0.15, 0.2) is 18.2 Å². The van der Waals surface area contributed by atoms with Gasteiger partial charge in [-0.05, 0) is 38.5 Å². The maximum Gasteiger partial charge on any atom is 0.412 e. The molecule has 1 unspecified atom stereocenters. The van der Waals surface area contributed by atoms with E-state index in [2.05, 4.69) is 5.32 Å². The molecule has 1 aromatic carbocycles. The molecule has 1 rings (SSSR count). The maximum absolute atomic E-state index is 11.8. The van der Waals surface area contributed by atoms with Crippen molar-refractivity contribution >= 4 is 29.4 Å². The Morgan fingerprint density at radius 3 is 2.52 bits per heavy atom. The molecule has 0 aliphatic rings. The molecule has 116 valence electrons. The average molecular weight is 315 g/mol. The summed E-state index contributed by atoms with van der Waals surface area (Å²) in [4.78, 5) is 23.0. The van der Waals surface area contributed by atoms with Crippen molar-refractivity contribution in [1.82, 2.24) is 0 Å². The summed E-state index contributed by atoms with van der Waals surface area (Å²) in [6.07, 6.45) is -0.688. The summed E-state index contributed by atoms with van der Waals surface area (Å²) in [5.74, 6) is -2.01. The van der Waals surface area contributed by atoms with E-state index in [0.29, 0.717) is 10.6 Å². The quantitative estimate of drug-likeness (QED) is 0.793. The van der Waals surface area contributed by atoms with Crippen LogP contribution >= 0.6 is 11.6 Å². The number of anilines is 1. The number of benzene rings is 1. The number of carbonyl (C=O) groups excluding carboxylic acids is 1. The van der Waals surface area contributed by atoms with Crippen molar-refractivity contribution in [1.29, 1.82) is 0 Å². The number of hydrogen-bond acceptors (Lipinski definition) is 4. The molecule has 6 nitrogen and oxygen atoms in total. The normalized spacial score (nSPS) is 12.6. The van der Waals surface area contributed by atoms with Crippen molar-refractivity contribution < 1.29 is 19.4 Å². The van der Waals surface area contributed by atoms with Crippen LogP contribution in [-0.4, -0.2) is 29.3 Å². The van der Waals surface area contributed by atoms with Crippen LogP contribution in [0.5, 0.6) is 0 Å². The average Bonchev–Trinajstić information content (AvgIpc) is 2.29. The van der Waals surface area contributed by atoms with Gasteiger partial charge in [0.05, 0.1) is 5.92 Å². The van der Waals surface area contributed by atoms with Gasteiger partial charge >= 0.3 is 12.1 Å². The fourth-order valence-corrected chi connectivity index (χ4v) is 1.89. The van der Waals surface area contributed by atoms with E-state index in [9.17, 15) is 14.7 Å². The number of carboxylic acid groups (broad SMARTS) is 1. The number of amides is 1. The first-order chi connectivity index (χ1) is 9.64. The number of hydrogen-bond donors (Lipinski definition) is 3. The standard InChI is InChI=1S/C14H19ClN2O4/c1-14(2,3)21-13(20)17-11-6-8(15)4-5-9(11)10(7-16)12(18)19/h4-6,10H,7,16H2,1-3H3,(H,17,20)(H,18,19). The van der Waals surface area contributed by atoms with Crippen molar-refractivity contribution in [2.24, 2.45) is 5.73 Å². The zero-order chi connectivity index (χ0) is 16.2. The van der Waals surface area contributed by atoms with Crippen LogP contribution in [0.4, 0.5) is 10.5 Å². The molecule has 4 N–H and O–H groups in total. The number of carbonyl (C=O) groups is 2. The first kappa shape index (κ1) is 17.3. The largest absolute Gasteiger partial charge is 0.481 e. The predicted molar refractivity (Wildman–Crippen MR) is 80.7 cm³/mol. The number of ether oxygens (including phenoxy) is 1. The van der Waals surface area contributed by atoms with Crippen molar-refractivity contribution in [3.63, 3.8) is 0 Å². The van der Waals surface area contributed by atoms with Gasteiger partial charge in [0, 0.05) is 17.3 Å². The molecule has 7 heteroatoms. The molecule has 0 saturated heterocycles. The molecular weight excluding hydrogens is 296 g/mol. The topological polar surface area (TPSA) is 102 Å². The van der Waals surface area contributed by atoms with Gasteiger partial charge in [0.2, 0.25) is 0 Å².